The minimum absolute atomic E-state index is 0.0668. The number of rotatable bonds is 4. The first-order valence-electron chi connectivity index (χ1n) is 8.73. The molecule has 1 heterocycles. The van der Waals surface area contributed by atoms with E-state index in [9.17, 15) is 14.0 Å². The van der Waals surface area contributed by atoms with Gasteiger partial charge in [-0.25, -0.2) is 4.39 Å². The summed E-state index contributed by atoms with van der Waals surface area (Å²) >= 11 is 0. The van der Waals surface area contributed by atoms with Crippen molar-refractivity contribution >= 4 is 17.9 Å². The van der Waals surface area contributed by atoms with Crippen molar-refractivity contribution < 1.29 is 18.7 Å². The third-order valence-electron chi connectivity index (χ3n) is 4.48. The summed E-state index contributed by atoms with van der Waals surface area (Å²) in [6, 6.07) is 13.0. The molecule has 27 heavy (non-hydrogen) atoms. The summed E-state index contributed by atoms with van der Waals surface area (Å²) in [5, 5.41) is 0. The van der Waals surface area contributed by atoms with E-state index in [-0.39, 0.29) is 17.6 Å². The highest BCUT2D eigenvalue weighted by molar-refractivity contribution is 5.95. The van der Waals surface area contributed by atoms with Crippen LogP contribution < -0.4 is 4.74 Å². The van der Waals surface area contributed by atoms with E-state index in [4.69, 9.17) is 4.74 Å². The van der Waals surface area contributed by atoms with Crippen molar-refractivity contribution in [3.05, 3.63) is 71.6 Å². The Morgan fingerprint density at radius 2 is 1.67 bits per heavy atom. The fraction of sp³-hybridized carbons (Fsp3) is 0.238. The number of hydrogen-bond donors (Lipinski definition) is 0. The second-order valence-electron chi connectivity index (χ2n) is 6.23. The quantitative estimate of drug-likeness (QED) is 0.780. The third kappa shape index (κ3) is 4.73. The Balaban J connectivity index is 1.55. The zero-order valence-corrected chi connectivity index (χ0v) is 15.1. The van der Waals surface area contributed by atoms with Crippen LogP contribution in [0.4, 0.5) is 4.39 Å². The van der Waals surface area contributed by atoms with Gasteiger partial charge in [0.25, 0.3) is 5.91 Å². The van der Waals surface area contributed by atoms with Crippen LogP contribution in [0.25, 0.3) is 6.08 Å². The Kier molecular flexibility index (Phi) is 5.86. The highest BCUT2D eigenvalue weighted by Gasteiger charge is 2.24. The summed E-state index contributed by atoms with van der Waals surface area (Å²) in [4.78, 5) is 28.4. The van der Waals surface area contributed by atoms with Gasteiger partial charge in [-0.05, 0) is 42.0 Å². The maximum atomic E-state index is 12.9. The molecule has 1 saturated heterocycles. The zero-order chi connectivity index (χ0) is 19.2. The normalized spacial score (nSPS) is 14.4. The van der Waals surface area contributed by atoms with Crippen molar-refractivity contribution in [3.8, 4) is 5.75 Å². The molecule has 2 aromatic carbocycles. The molecular formula is C21H21FN2O3. The fourth-order valence-electron chi connectivity index (χ4n) is 2.92. The third-order valence-corrected chi connectivity index (χ3v) is 4.48. The van der Waals surface area contributed by atoms with Crippen LogP contribution in [0.3, 0.4) is 0 Å². The molecule has 5 nitrogen and oxygen atoms in total. The van der Waals surface area contributed by atoms with Gasteiger partial charge in [-0.3, -0.25) is 9.59 Å². The Morgan fingerprint density at radius 3 is 2.33 bits per heavy atom. The van der Waals surface area contributed by atoms with E-state index in [1.54, 1.807) is 59.4 Å². The zero-order valence-electron chi connectivity index (χ0n) is 15.1. The lowest BCUT2D eigenvalue weighted by Gasteiger charge is -2.34. The summed E-state index contributed by atoms with van der Waals surface area (Å²) in [5.74, 6) is 0.145. The fourth-order valence-corrected chi connectivity index (χ4v) is 2.92. The minimum Gasteiger partial charge on any atom is -0.497 e. The molecule has 1 aliphatic heterocycles. The van der Waals surface area contributed by atoms with Gasteiger partial charge in [0.2, 0.25) is 5.91 Å². The number of piperazine rings is 1. The number of halogens is 1. The standard InChI is InChI=1S/C21H21FN2O3/c1-27-19-4-2-3-17(15-19)21(26)24-13-11-23(12-14-24)20(25)10-7-16-5-8-18(22)9-6-16/h2-10,15H,11-14H2,1H3. The summed E-state index contributed by atoms with van der Waals surface area (Å²) in [6.07, 6.45) is 3.14. The smallest absolute Gasteiger partial charge is 0.254 e. The van der Waals surface area contributed by atoms with E-state index in [0.29, 0.717) is 37.5 Å². The molecule has 0 aromatic heterocycles. The van der Waals surface area contributed by atoms with Crippen molar-refractivity contribution in [2.24, 2.45) is 0 Å². The molecule has 2 aromatic rings. The van der Waals surface area contributed by atoms with E-state index >= 15 is 0 Å². The van der Waals surface area contributed by atoms with E-state index in [1.165, 1.54) is 18.2 Å². The first-order valence-corrected chi connectivity index (χ1v) is 8.73. The molecule has 0 aliphatic carbocycles. The highest BCUT2D eigenvalue weighted by Crippen LogP contribution is 2.16. The van der Waals surface area contributed by atoms with Crippen molar-refractivity contribution in [2.75, 3.05) is 33.3 Å². The molecule has 0 atom stereocenters. The lowest BCUT2D eigenvalue weighted by Crippen LogP contribution is -2.50. The second-order valence-corrected chi connectivity index (χ2v) is 6.23. The predicted octanol–water partition coefficient (Wildman–Crippen LogP) is 2.83. The second kappa shape index (κ2) is 8.49. The molecular weight excluding hydrogens is 347 g/mol. The number of carbonyl (C=O) groups is 2. The van der Waals surface area contributed by atoms with Gasteiger partial charge in [0, 0.05) is 37.8 Å². The Morgan fingerprint density at radius 1 is 1.00 bits per heavy atom. The average Bonchev–Trinajstić information content (AvgIpc) is 2.72. The van der Waals surface area contributed by atoms with Crippen LogP contribution in [0.2, 0.25) is 0 Å². The SMILES string of the molecule is COc1cccc(C(=O)N2CCN(C(=O)C=Cc3ccc(F)cc3)CC2)c1. The maximum absolute atomic E-state index is 12.9. The van der Waals surface area contributed by atoms with Gasteiger partial charge in [0.1, 0.15) is 11.6 Å². The summed E-state index contributed by atoms with van der Waals surface area (Å²) < 4.78 is 18.1. The molecule has 3 rings (SSSR count). The maximum Gasteiger partial charge on any atom is 0.254 e. The number of ether oxygens (including phenoxy) is 1. The van der Waals surface area contributed by atoms with E-state index < -0.39 is 0 Å². The first-order chi connectivity index (χ1) is 13.1. The van der Waals surface area contributed by atoms with Crippen LogP contribution in [0, 0.1) is 5.82 Å². The van der Waals surface area contributed by atoms with E-state index in [1.807, 2.05) is 0 Å². The lowest BCUT2D eigenvalue weighted by molar-refractivity contribution is -0.127. The van der Waals surface area contributed by atoms with Gasteiger partial charge in [-0.2, -0.15) is 0 Å². The number of benzene rings is 2. The molecule has 0 unspecified atom stereocenters. The number of hydrogen-bond acceptors (Lipinski definition) is 3. The Hall–Kier alpha value is -3.15. The summed E-state index contributed by atoms with van der Waals surface area (Å²) in [5.41, 5.74) is 1.34. The molecule has 1 fully saturated rings. The lowest BCUT2D eigenvalue weighted by atomic mass is 10.1. The summed E-state index contributed by atoms with van der Waals surface area (Å²) in [6.45, 7) is 1.91. The van der Waals surface area contributed by atoms with Crippen LogP contribution in [0.1, 0.15) is 15.9 Å². The number of methoxy groups -OCH3 is 1. The molecule has 6 heteroatoms. The van der Waals surface area contributed by atoms with Crippen LogP contribution in [-0.2, 0) is 4.79 Å². The van der Waals surface area contributed by atoms with Crippen molar-refractivity contribution in [3.63, 3.8) is 0 Å². The van der Waals surface area contributed by atoms with Gasteiger partial charge in [-0.1, -0.05) is 18.2 Å². The number of nitrogens with zero attached hydrogens (tertiary/aromatic N) is 2. The minimum atomic E-state index is -0.310. The van der Waals surface area contributed by atoms with Gasteiger partial charge in [0.05, 0.1) is 7.11 Å². The van der Waals surface area contributed by atoms with Gasteiger partial charge in [0.15, 0.2) is 0 Å². The van der Waals surface area contributed by atoms with Gasteiger partial charge in [-0.15, -0.1) is 0 Å². The van der Waals surface area contributed by atoms with Crippen molar-refractivity contribution in [2.45, 2.75) is 0 Å². The number of amides is 2. The Bertz CT molecular complexity index is 841. The Labute approximate surface area is 157 Å². The summed E-state index contributed by atoms with van der Waals surface area (Å²) in [7, 11) is 1.56. The highest BCUT2D eigenvalue weighted by atomic mass is 19.1. The van der Waals surface area contributed by atoms with Crippen LogP contribution in [0.15, 0.2) is 54.6 Å². The largest absolute Gasteiger partial charge is 0.497 e. The van der Waals surface area contributed by atoms with E-state index in [0.717, 1.165) is 5.56 Å². The average molecular weight is 368 g/mol. The molecule has 0 saturated carbocycles. The topological polar surface area (TPSA) is 49.9 Å². The molecule has 0 N–H and O–H groups in total. The molecule has 0 radical (unpaired) electrons. The molecule has 140 valence electrons. The van der Waals surface area contributed by atoms with Gasteiger partial charge >= 0.3 is 0 Å². The van der Waals surface area contributed by atoms with Crippen LogP contribution >= 0.6 is 0 Å². The van der Waals surface area contributed by atoms with Crippen molar-refractivity contribution in [1.29, 1.82) is 0 Å². The molecule has 0 bridgehead atoms. The van der Waals surface area contributed by atoms with Crippen molar-refractivity contribution in [1.82, 2.24) is 9.80 Å². The first kappa shape index (κ1) is 18.6. The molecule has 1 aliphatic rings. The predicted molar refractivity (Wildman–Crippen MR) is 101 cm³/mol. The molecule has 2 amide bonds. The van der Waals surface area contributed by atoms with Crippen LogP contribution in [0.5, 0.6) is 5.75 Å². The monoisotopic (exact) mass is 368 g/mol. The number of carbonyl (C=O) groups excluding carboxylic acids is 2. The van der Waals surface area contributed by atoms with E-state index in [2.05, 4.69) is 0 Å². The molecule has 0 spiro atoms. The van der Waals surface area contributed by atoms with Gasteiger partial charge < -0.3 is 14.5 Å². The van der Waals surface area contributed by atoms with Crippen LogP contribution in [-0.4, -0.2) is 54.9 Å².